The highest BCUT2D eigenvalue weighted by molar-refractivity contribution is 6.06. The summed E-state index contributed by atoms with van der Waals surface area (Å²) in [7, 11) is 0. The highest BCUT2D eigenvalue weighted by atomic mass is 16.5. The summed E-state index contributed by atoms with van der Waals surface area (Å²) in [6, 6.07) is 16.3. The molecule has 0 atom stereocenters. The largest absolute Gasteiger partial charge is 0.395 e. The van der Waals surface area contributed by atoms with E-state index in [4.69, 9.17) is 5.21 Å². The molecule has 23 heavy (non-hydrogen) atoms. The molecule has 0 spiro atoms. The van der Waals surface area contributed by atoms with Crippen molar-refractivity contribution in [1.29, 1.82) is 0 Å². The molecule has 0 heterocycles. The first-order valence-electron chi connectivity index (χ1n) is 7.30. The number of aliphatic hydroxyl groups is 1. The van der Waals surface area contributed by atoms with Crippen LogP contribution < -0.4 is 10.4 Å². The smallest absolute Gasteiger partial charge is 0.258 e. The van der Waals surface area contributed by atoms with Crippen LogP contribution in [-0.4, -0.2) is 29.4 Å². The normalized spacial score (nSPS) is 10.2. The third-order valence-corrected chi connectivity index (χ3v) is 3.41. The number of allylic oxidation sites excluding steroid dienone is 1. The Morgan fingerprint density at radius 3 is 2.30 bits per heavy atom. The fourth-order valence-electron chi connectivity index (χ4n) is 2.26. The standard InChI is InChI=1S/C18H20N2O3/c1-14(19-23)13-15-7-9-16(10-8-15)18(22)20(11-12-21)17-5-3-2-4-6-17/h2-10,19,21,23H,1,11-13H2. The molecule has 0 saturated carbocycles. The Morgan fingerprint density at radius 1 is 1.09 bits per heavy atom. The predicted octanol–water partition coefficient (Wildman–Crippen LogP) is 2.36. The first-order valence-corrected chi connectivity index (χ1v) is 7.30. The van der Waals surface area contributed by atoms with Crippen molar-refractivity contribution in [3.63, 3.8) is 0 Å². The molecular formula is C18H20N2O3. The second-order valence-corrected chi connectivity index (χ2v) is 5.11. The van der Waals surface area contributed by atoms with Crippen molar-refractivity contribution in [3.8, 4) is 0 Å². The number of anilines is 1. The summed E-state index contributed by atoms with van der Waals surface area (Å²) in [4.78, 5) is 14.2. The first-order chi connectivity index (χ1) is 11.2. The van der Waals surface area contributed by atoms with Crippen LogP contribution >= 0.6 is 0 Å². The van der Waals surface area contributed by atoms with E-state index >= 15 is 0 Å². The Bertz CT molecular complexity index is 654. The van der Waals surface area contributed by atoms with Crippen LogP contribution in [0, 0.1) is 0 Å². The fourth-order valence-corrected chi connectivity index (χ4v) is 2.26. The molecule has 2 aromatic rings. The lowest BCUT2D eigenvalue weighted by Crippen LogP contribution is -2.33. The van der Waals surface area contributed by atoms with Gasteiger partial charge in [-0.3, -0.25) is 15.5 Å². The maximum absolute atomic E-state index is 12.7. The van der Waals surface area contributed by atoms with Crippen LogP contribution in [0.3, 0.4) is 0 Å². The fraction of sp³-hybridized carbons (Fsp3) is 0.167. The molecule has 0 fully saturated rings. The number of hydrogen-bond acceptors (Lipinski definition) is 4. The van der Waals surface area contributed by atoms with Crippen LogP contribution in [0.1, 0.15) is 15.9 Å². The van der Waals surface area contributed by atoms with E-state index in [2.05, 4.69) is 6.58 Å². The predicted molar refractivity (Wildman–Crippen MR) is 89.4 cm³/mol. The van der Waals surface area contributed by atoms with Gasteiger partial charge in [0.2, 0.25) is 0 Å². The van der Waals surface area contributed by atoms with Gasteiger partial charge in [0, 0.05) is 29.9 Å². The molecule has 0 saturated heterocycles. The van der Waals surface area contributed by atoms with Crippen molar-refractivity contribution < 1.29 is 15.1 Å². The summed E-state index contributed by atoms with van der Waals surface area (Å²) in [6.45, 7) is 3.78. The average Bonchev–Trinajstić information content (AvgIpc) is 2.60. The van der Waals surface area contributed by atoms with E-state index in [1.807, 2.05) is 47.9 Å². The van der Waals surface area contributed by atoms with Crippen molar-refractivity contribution >= 4 is 11.6 Å². The monoisotopic (exact) mass is 312 g/mol. The Hall–Kier alpha value is -2.63. The number of benzene rings is 2. The minimum Gasteiger partial charge on any atom is -0.395 e. The minimum absolute atomic E-state index is 0.110. The molecule has 5 heteroatoms. The zero-order valence-corrected chi connectivity index (χ0v) is 12.8. The van der Waals surface area contributed by atoms with Gasteiger partial charge in [0.05, 0.1) is 6.61 Å². The molecule has 0 radical (unpaired) electrons. The maximum atomic E-state index is 12.7. The lowest BCUT2D eigenvalue weighted by Gasteiger charge is -2.22. The number of aliphatic hydroxyl groups excluding tert-OH is 1. The second kappa shape index (κ2) is 8.12. The molecule has 0 aliphatic heterocycles. The molecule has 5 nitrogen and oxygen atoms in total. The van der Waals surface area contributed by atoms with Gasteiger partial charge in [-0.25, -0.2) is 0 Å². The molecule has 2 aromatic carbocycles. The average molecular weight is 312 g/mol. The number of hydrogen-bond donors (Lipinski definition) is 3. The van der Waals surface area contributed by atoms with Crippen LogP contribution in [-0.2, 0) is 6.42 Å². The van der Waals surface area contributed by atoms with Crippen LogP contribution in [0.5, 0.6) is 0 Å². The molecule has 0 unspecified atom stereocenters. The molecule has 120 valence electrons. The number of nitrogens with one attached hydrogen (secondary N) is 1. The van der Waals surface area contributed by atoms with Crippen LogP contribution in [0.2, 0.25) is 0 Å². The number of carbonyl (C=O) groups excluding carboxylic acids is 1. The van der Waals surface area contributed by atoms with Gasteiger partial charge in [0.25, 0.3) is 5.91 Å². The summed E-state index contributed by atoms with van der Waals surface area (Å²) in [5.41, 5.74) is 4.70. The van der Waals surface area contributed by atoms with Crippen molar-refractivity contribution in [2.45, 2.75) is 6.42 Å². The Kier molecular flexibility index (Phi) is 5.91. The van der Waals surface area contributed by atoms with Gasteiger partial charge in [-0.1, -0.05) is 36.9 Å². The number of amides is 1. The quantitative estimate of drug-likeness (QED) is 0.686. The number of carbonyl (C=O) groups is 1. The summed E-state index contributed by atoms with van der Waals surface area (Å²) in [6.07, 6.45) is 0.476. The topological polar surface area (TPSA) is 72.8 Å². The zero-order chi connectivity index (χ0) is 16.7. The van der Waals surface area contributed by atoms with Crippen molar-refractivity contribution in [2.24, 2.45) is 0 Å². The molecule has 0 aromatic heterocycles. The summed E-state index contributed by atoms with van der Waals surface area (Å²) in [5.74, 6) is -0.170. The van der Waals surface area contributed by atoms with Crippen LogP contribution in [0.4, 0.5) is 5.69 Å². The Balaban J connectivity index is 2.18. The third kappa shape index (κ3) is 4.42. The van der Waals surface area contributed by atoms with E-state index in [9.17, 15) is 9.90 Å². The molecule has 0 bridgehead atoms. The van der Waals surface area contributed by atoms with Gasteiger partial charge in [-0.2, -0.15) is 0 Å². The Morgan fingerprint density at radius 2 is 1.74 bits per heavy atom. The summed E-state index contributed by atoms with van der Waals surface area (Å²) < 4.78 is 0. The molecular weight excluding hydrogens is 292 g/mol. The van der Waals surface area contributed by atoms with E-state index in [1.165, 1.54) is 0 Å². The lowest BCUT2D eigenvalue weighted by molar-refractivity contribution is 0.0981. The zero-order valence-electron chi connectivity index (χ0n) is 12.8. The molecule has 2 rings (SSSR count). The van der Waals surface area contributed by atoms with E-state index in [0.29, 0.717) is 17.7 Å². The highest BCUT2D eigenvalue weighted by Crippen LogP contribution is 2.17. The van der Waals surface area contributed by atoms with Crippen molar-refractivity contribution in [3.05, 3.63) is 78.0 Å². The second-order valence-electron chi connectivity index (χ2n) is 5.11. The van der Waals surface area contributed by atoms with Gasteiger partial charge in [-0.05, 0) is 29.8 Å². The van der Waals surface area contributed by atoms with Gasteiger partial charge in [-0.15, -0.1) is 0 Å². The number of rotatable bonds is 7. The van der Waals surface area contributed by atoms with Crippen LogP contribution in [0.15, 0.2) is 66.9 Å². The Labute approximate surface area is 135 Å². The summed E-state index contributed by atoms with van der Waals surface area (Å²) in [5, 5.41) is 18.0. The molecule has 1 amide bonds. The number of para-hydroxylation sites is 1. The highest BCUT2D eigenvalue weighted by Gasteiger charge is 2.17. The number of hydroxylamine groups is 1. The van der Waals surface area contributed by atoms with E-state index in [0.717, 1.165) is 11.3 Å². The van der Waals surface area contributed by atoms with Gasteiger partial charge in [0.15, 0.2) is 0 Å². The SMILES string of the molecule is C=C(Cc1ccc(C(=O)N(CCO)c2ccccc2)cc1)NO. The number of nitrogens with zero attached hydrogens (tertiary/aromatic N) is 1. The van der Waals surface area contributed by atoms with Crippen LogP contribution in [0.25, 0.3) is 0 Å². The molecule has 3 N–H and O–H groups in total. The minimum atomic E-state index is -0.170. The van der Waals surface area contributed by atoms with Gasteiger partial charge >= 0.3 is 0 Å². The molecule has 0 aliphatic carbocycles. The van der Waals surface area contributed by atoms with Crippen molar-refractivity contribution in [2.75, 3.05) is 18.1 Å². The van der Waals surface area contributed by atoms with E-state index in [-0.39, 0.29) is 19.1 Å². The molecule has 0 aliphatic rings. The van der Waals surface area contributed by atoms with Crippen molar-refractivity contribution in [1.82, 2.24) is 5.48 Å². The third-order valence-electron chi connectivity index (χ3n) is 3.41. The van der Waals surface area contributed by atoms with Gasteiger partial charge in [0.1, 0.15) is 0 Å². The lowest BCUT2D eigenvalue weighted by atomic mass is 10.1. The van der Waals surface area contributed by atoms with Gasteiger partial charge < -0.3 is 10.0 Å². The van der Waals surface area contributed by atoms with E-state index < -0.39 is 0 Å². The summed E-state index contributed by atoms with van der Waals surface area (Å²) >= 11 is 0. The first kappa shape index (κ1) is 16.7. The van der Waals surface area contributed by atoms with E-state index in [1.54, 1.807) is 17.0 Å². The maximum Gasteiger partial charge on any atom is 0.258 e.